The van der Waals surface area contributed by atoms with Gasteiger partial charge in [-0.2, -0.15) is 0 Å². The van der Waals surface area contributed by atoms with Gasteiger partial charge in [0.1, 0.15) is 6.17 Å². The summed E-state index contributed by atoms with van der Waals surface area (Å²) in [4.78, 5) is 12.6. The molecular formula is C8H12FNO. The number of hydrogen-bond acceptors (Lipinski definition) is 2. The fourth-order valence-electron chi connectivity index (χ4n) is 1.02. The highest BCUT2D eigenvalue weighted by Gasteiger charge is 2.26. The summed E-state index contributed by atoms with van der Waals surface area (Å²) in [5.41, 5.74) is 0.567. The van der Waals surface area contributed by atoms with E-state index in [2.05, 4.69) is 6.58 Å². The van der Waals surface area contributed by atoms with E-state index < -0.39 is 6.17 Å². The van der Waals surface area contributed by atoms with Gasteiger partial charge in [0.05, 0.1) is 0 Å². The van der Waals surface area contributed by atoms with Crippen molar-refractivity contribution in [2.24, 2.45) is 0 Å². The first-order valence-electron chi connectivity index (χ1n) is 3.64. The molecule has 0 saturated carbocycles. The summed E-state index contributed by atoms with van der Waals surface area (Å²) in [6.45, 7) is 6.49. The Morgan fingerprint density at radius 1 is 1.73 bits per heavy atom. The fraction of sp³-hybridized carbons (Fsp3) is 0.625. The number of carbonyl (C=O) groups is 1. The smallest absolute Gasteiger partial charge is 0.156 e. The molecule has 0 aromatic heterocycles. The Hall–Kier alpha value is -0.700. The Morgan fingerprint density at radius 3 is 2.64 bits per heavy atom. The molecule has 1 rings (SSSR count). The van der Waals surface area contributed by atoms with Crippen LogP contribution in [0.3, 0.4) is 0 Å². The van der Waals surface area contributed by atoms with Gasteiger partial charge in [-0.25, -0.2) is 4.39 Å². The first-order valence-corrected chi connectivity index (χ1v) is 3.64. The maximum absolute atomic E-state index is 12.3. The molecule has 2 nitrogen and oxygen atoms in total. The van der Waals surface area contributed by atoms with Crippen LogP contribution in [-0.4, -0.2) is 36.5 Å². The van der Waals surface area contributed by atoms with Gasteiger partial charge in [-0.05, 0) is 6.92 Å². The lowest BCUT2D eigenvalue weighted by Crippen LogP contribution is -2.49. The maximum Gasteiger partial charge on any atom is 0.156 e. The zero-order valence-corrected chi connectivity index (χ0v) is 6.64. The van der Waals surface area contributed by atoms with E-state index in [1.165, 1.54) is 6.92 Å². The van der Waals surface area contributed by atoms with Gasteiger partial charge in [-0.1, -0.05) is 6.58 Å². The van der Waals surface area contributed by atoms with Crippen molar-refractivity contribution in [3.05, 3.63) is 12.2 Å². The van der Waals surface area contributed by atoms with Crippen LogP contribution in [0.5, 0.6) is 0 Å². The van der Waals surface area contributed by atoms with E-state index in [4.69, 9.17) is 0 Å². The molecule has 0 aliphatic carbocycles. The van der Waals surface area contributed by atoms with Gasteiger partial charge >= 0.3 is 0 Å². The zero-order chi connectivity index (χ0) is 8.43. The molecular weight excluding hydrogens is 145 g/mol. The van der Waals surface area contributed by atoms with Crippen molar-refractivity contribution in [2.45, 2.75) is 13.1 Å². The summed E-state index contributed by atoms with van der Waals surface area (Å²) in [5.74, 6) is -0.00712. The predicted octanol–water partition coefficient (Wildman–Crippen LogP) is 0.785. The minimum atomic E-state index is -0.699. The second-order valence-electron chi connectivity index (χ2n) is 2.95. The number of carbonyl (C=O) groups excluding carboxylic acids is 1. The van der Waals surface area contributed by atoms with Gasteiger partial charge in [-0.15, -0.1) is 0 Å². The van der Waals surface area contributed by atoms with Gasteiger partial charge < -0.3 is 0 Å². The number of rotatable bonds is 3. The van der Waals surface area contributed by atoms with Gasteiger partial charge in [-0.3, -0.25) is 9.69 Å². The first-order chi connectivity index (χ1) is 5.09. The zero-order valence-electron chi connectivity index (χ0n) is 6.64. The lowest BCUT2D eigenvalue weighted by Gasteiger charge is -2.34. The molecule has 3 heteroatoms. The molecule has 11 heavy (non-hydrogen) atoms. The van der Waals surface area contributed by atoms with Crippen molar-refractivity contribution >= 4 is 5.78 Å². The number of hydrogen-bond donors (Lipinski definition) is 0. The van der Waals surface area contributed by atoms with E-state index in [1.54, 1.807) is 0 Å². The average molecular weight is 157 g/mol. The van der Waals surface area contributed by atoms with Crippen molar-refractivity contribution in [3.8, 4) is 0 Å². The van der Waals surface area contributed by atoms with Crippen LogP contribution in [0.15, 0.2) is 12.2 Å². The largest absolute Gasteiger partial charge is 0.295 e. The molecule has 0 aromatic rings. The van der Waals surface area contributed by atoms with E-state index >= 15 is 0 Å². The summed E-state index contributed by atoms with van der Waals surface area (Å²) in [5, 5.41) is 0. The lowest BCUT2D eigenvalue weighted by molar-refractivity contribution is -0.114. The molecule has 0 unspecified atom stereocenters. The Balaban J connectivity index is 2.22. The molecule has 0 N–H and O–H groups in total. The molecule has 62 valence electrons. The summed E-state index contributed by atoms with van der Waals surface area (Å²) in [6, 6.07) is 0. The van der Waals surface area contributed by atoms with Crippen molar-refractivity contribution in [3.63, 3.8) is 0 Å². The molecule has 0 bridgehead atoms. The first kappa shape index (κ1) is 8.40. The fourth-order valence-corrected chi connectivity index (χ4v) is 1.02. The standard InChI is InChI=1S/C8H12FNO/c1-6(7(2)11)3-10-4-8(9)5-10/h8H,1,3-5H2,2H3. The highest BCUT2D eigenvalue weighted by Crippen LogP contribution is 2.12. The van der Waals surface area contributed by atoms with Crippen LogP contribution >= 0.6 is 0 Å². The van der Waals surface area contributed by atoms with Gasteiger partial charge in [0.15, 0.2) is 5.78 Å². The predicted molar refractivity (Wildman–Crippen MR) is 41.2 cm³/mol. The monoisotopic (exact) mass is 157 g/mol. The molecule has 1 heterocycles. The Bertz CT molecular complexity index is 185. The highest BCUT2D eigenvalue weighted by molar-refractivity contribution is 5.92. The second kappa shape index (κ2) is 3.13. The third kappa shape index (κ3) is 2.12. The van der Waals surface area contributed by atoms with Crippen LogP contribution in [0.25, 0.3) is 0 Å². The van der Waals surface area contributed by atoms with Crippen LogP contribution in [-0.2, 0) is 4.79 Å². The molecule has 0 spiro atoms. The topological polar surface area (TPSA) is 20.3 Å². The van der Waals surface area contributed by atoms with Gasteiger partial charge in [0, 0.05) is 25.2 Å². The molecule has 0 aromatic carbocycles. The van der Waals surface area contributed by atoms with E-state index in [0.717, 1.165) is 0 Å². The average Bonchev–Trinajstić information content (AvgIpc) is 1.84. The summed E-state index contributed by atoms with van der Waals surface area (Å²) < 4.78 is 12.3. The third-order valence-corrected chi connectivity index (χ3v) is 1.82. The summed E-state index contributed by atoms with van der Waals surface area (Å²) >= 11 is 0. The van der Waals surface area contributed by atoms with Crippen LogP contribution in [0.4, 0.5) is 4.39 Å². The lowest BCUT2D eigenvalue weighted by atomic mass is 10.1. The van der Waals surface area contributed by atoms with E-state index in [0.29, 0.717) is 25.2 Å². The summed E-state index contributed by atoms with van der Waals surface area (Å²) in [6.07, 6.45) is -0.699. The van der Waals surface area contributed by atoms with E-state index in [9.17, 15) is 9.18 Å². The Kier molecular flexibility index (Phi) is 2.39. The molecule has 0 atom stereocenters. The van der Waals surface area contributed by atoms with Gasteiger partial charge in [0.2, 0.25) is 0 Å². The molecule has 1 saturated heterocycles. The number of halogens is 1. The van der Waals surface area contributed by atoms with Crippen molar-refractivity contribution in [2.75, 3.05) is 19.6 Å². The second-order valence-corrected chi connectivity index (χ2v) is 2.95. The van der Waals surface area contributed by atoms with Crippen LogP contribution in [0.1, 0.15) is 6.92 Å². The molecule has 0 radical (unpaired) electrons. The highest BCUT2D eigenvalue weighted by atomic mass is 19.1. The maximum atomic E-state index is 12.3. The molecule has 1 aliphatic rings. The van der Waals surface area contributed by atoms with Crippen molar-refractivity contribution < 1.29 is 9.18 Å². The van der Waals surface area contributed by atoms with Crippen LogP contribution in [0.2, 0.25) is 0 Å². The number of likely N-dealkylation sites (tertiary alicyclic amines) is 1. The normalized spacial score (nSPS) is 19.5. The van der Waals surface area contributed by atoms with Crippen LogP contribution < -0.4 is 0 Å². The third-order valence-electron chi connectivity index (χ3n) is 1.82. The molecule has 1 fully saturated rings. The summed E-state index contributed by atoms with van der Waals surface area (Å²) in [7, 11) is 0. The van der Waals surface area contributed by atoms with Gasteiger partial charge in [0.25, 0.3) is 0 Å². The SMILES string of the molecule is C=C(CN1CC(F)C1)C(C)=O. The number of nitrogens with zero attached hydrogens (tertiary/aromatic N) is 1. The molecule has 0 amide bonds. The minimum absolute atomic E-state index is 0.00712. The van der Waals surface area contributed by atoms with Crippen molar-refractivity contribution in [1.29, 1.82) is 0 Å². The van der Waals surface area contributed by atoms with Crippen LogP contribution in [0, 0.1) is 0 Å². The van der Waals surface area contributed by atoms with E-state index in [1.807, 2.05) is 4.90 Å². The number of Topliss-reactive ketones (excluding diaryl/α,β-unsaturated/α-hetero) is 1. The quantitative estimate of drug-likeness (QED) is 0.564. The molecule has 1 aliphatic heterocycles. The van der Waals surface area contributed by atoms with E-state index in [-0.39, 0.29) is 5.78 Å². The minimum Gasteiger partial charge on any atom is -0.295 e. The Morgan fingerprint density at radius 2 is 2.27 bits per heavy atom. The Labute approximate surface area is 65.7 Å². The number of alkyl halides is 1. The van der Waals surface area contributed by atoms with Crippen molar-refractivity contribution in [1.82, 2.24) is 4.90 Å². The number of ketones is 1.